The van der Waals surface area contributed by atoms with Gasteiger partial charge in [-0.3, -0.25) is 0 Å². The molecule has 2 unspecified atom stereocenters. The van der Waals surface area contributed by atoms with E-state index in [1.807, 2.05) is 6.92 Å². The highest BCUT2D eigenvalue weighted by atomic mass is 32.2. The Morgan fingerprint density at radius 3 is 2.69 bits per heavy atom. The summed E-state index contributed by atoms with van der Waals surface area (Å²) in [4.78, 5) is 0. The minimum Gasteiger partial charge on any atom is -0.377 e. The van der Waals surface area contributed by atoms with Crippen molar-refractivity contribution in [3.8, 4) is 0 Å². The zero-order chi connectivity index (χ0) is 9.90. The van der Waals surface area contributed by atoms with Gasteiger partial charge in [-0.1, -0.05) is 0 Å². The highest BCUT2D eigenvalue weighted by Gasteiger charge is 2.34. The number of sulfone groups is 1. The molecule has 4 nitrogen and oxygen atoms in total. The summed E-state index contributed by atoms with van der Waals surface area (Å²) in [7, 11) is -2.98. The number of nitrogens with two attached hydrogens (primary N) is 1. The maximum absolute atomic E-state index is 11.7. The number of ether oxygens (including phenoxy) is 1. The minimum absolute atomic E-state index is 0.150. The predicted octanol–water partition coefficient (Wildman–Crippen LogP) is -0.0726. The molecule has 2 atom stereocenters. The van der Waals surface area contributed by atoms with Crippen molar-refractivity contribution in [1.29, 1.82) is 0 Å². The molecule has 2 N–H and O–H groups in total. The lowest BCUT2D eigenvalue weighted by Crippen LogP contribution is -2.30. The fraction of sp³-hybridized carbons (Fsp3) is 1.00. The third kappa shape index (κ3) is 2.65. The molecule has 0 spiro atoms. The second-order valence-corrected chi connectivity index (χ2v) is 5.75. The molecular weight excluding hydrogens is 190 g/mol. The van der Waals surface area contributed by atoms with Crippen molar-refractivity contribution in [3.05, 3.63) is 0 Å². The smallest absolute Gasteiger partial charge is 0.155 e. The minimum atomic E-state index is -2.98. The summed E-state index contributed by atoms with van der Waals surface area (Å²) in [5, 5.41) is -0.306. The SMILES string of the molecule is CC1OCCC1S(=O)(=O)CCCN. The van der Waals surface area contributed by atoms with Gasteiger partial charge in [0.25, 0.3) is 0 Å². The van der Waals surface area contributed by atoms with Gasteiger partial charge in [0, 0.05) is 6.61 Å². The van der Waals surface area contributed by atoms with Crippen LogP contribution >= 0.6 is 0 Å². The quantitative estimate of drug-likeness (QED) is 0.700. The van der Waals surface area contributed by atoms with Crippen LogP contribution in [0.5, 0.6) is 0 Å². The number of rotatable bonds is 4. The molecule has 0 aliphatic carbocycles. The molecule has 13 heavy (non-hydrogen) atoms. The molecule has 5 heteroatoms. The van der Waals surface area contributed by atoms with Crippen LogP contribution in [0.15, 0.2) is 0 Å². The van der Waals surface area contributed by atoms with E-state index in [-0.39, 0.29) is 17.1 Å². The molecule has 0 aromatic carbocycles. The van der Waals surface area contributed by atoms with Crippen molar-refractivity contribution in [2.45, 2.75) is 31.1 Å². The van der Waals surface area contributed by atoms with Crippen molar-refractivity contribution in [1.82, 2.24) is 0 Å². The molecule has 0 radical (unpaired) electrons. The molecule has 78 valence electrons. The van der Waals surface area contributed by atoms with Crippen molar-refractivity contribution < 1.29 is 13.2 Å². The zero-order valence-electron chi connectivity index (χ0n) is 7.90. The summed E-state index contributed by atoms with van der Waals surface area (Å²) in [5.41, 5.74) is 5.27. The van der Waals surface area contributed by atoms with Crippen molar-refractivity contribution in [3.63, 3.8) is 0 Å². The van der Waals surface area contributed by atoms with E-state index >= 15 is 0 Å². The van der Waals surface area contributed by atoms with Gasteiger partial charge < -0.3 is 10.5 Å². The lowest BCUT2D eigenvalue weighted by molar-refractivity contribution is 0.126. The Bertz CT molecular complexity index is 250. The number of hydrogen-bond donors (Lipinski definition) is 1. The summed E-state index contributed by atoms with van der Waals surface area (Å²) in [6, 6.07) is 0. The standard InChI is InChI=1S/C8H17NO3S/c1-7-8(3-5-12-7)13(10,11)6-2-4-9/h7-8H,2-6,9H2,1H3. The summed E-state index contributed by atoms with van der Waals surface area (Å²) in [5.74, 6) is 0.196. The molecule has 0 aromatic rings. The average Bonchev–Trinajstić information content (AvgIpc) is 2.48. The van der Waals surface area contributed by atoms with Crippen LogP contribution in [-0.4, -0.2) is 38.7 Å². The van der Waals surface area contributed by atoms with E-state index in [4.69, 9.17) is 10.5 Å². The van der Waals surface area contributed by atoms with Gasteiger partial charge >= 0.3 is 0 Å². The Kier molecular flexibility index (Phi) is 3.70. The van der Waals surface area contributed by atoms with Gasteiger partial charge in [0.2, 0.25) is 0 Å². The van der Waals surface area contributed by atoms with E-state index in [2.05, 4.69) is 0 Å². The highest BCUT2D eigenvalue weighted by molar-refractivity contribution is 7.92. The molecule has 1 aliphatic rings. The topological polar surface area (TPSA) is 69.4 Å². The maximum Gasteiger partial charge on any atom is 0.155 e. The fourth-order valence-corrected chi connectivity index (χ4v) is 3.61. The Balaban J connectivity index is 2.58. The summed E-state index contributed by atoms with van der Waals surface area (Å²) < 4.78 is 28.6. The molecule has 1 rings (SSSR count). The molecule has 0 saturated carbocycles. The van der Waals surface area contributed by atoms with E-state index in [0.717, 1.165) is 0 Å². The van der Waals surface area contributed by atoms with Gasteiger partial charge in [0.15, 0.2) is 9.84 Å². The molecule has 1 heterocycles. The largest absolute Gasteiger partial charge is 0.377 e. The molecular formula is C8H17NO3S. The Hall–Kier alpha value is -0.130. The van der Waals surface area contributed by atoms with E-state index in [1.54, 1.807) is 0 Å². The van der Waals surface area contributed by atoms with E-state index in [1.165, 1.54) is 0 Å². The number of hydrogen-bond acceptors (Lipinski definition) is 4. The second-order valence-electron chi connectivity index (χ2n) is 3.41. The first kappa shape index (κ1) is 10.9. The maximum atomic E-state index is 11.7. The molecule has 1 aliphatic heterocycles. The predicted molar refractivity (Wildman–Crippen MR) is 51.3 cm³/mol. The molecule has 0 amide bonds. The van der Waals surface area contributed by atoms with E-state index in [9.17, 15) is 8.42 Å². The summed E-state index contributed by atoms with van der Waals surface area (Å²) >= 11 is 0. The summed E-state index contributed by atoms with van der Waals surface area (Å²) in [6.45, 7) is 2.81. The monoisotopic (exact) mass is 207 g/mol. The third-order valence-electron chi connectivity index (χ3n) is 2.40. The lowest BCUT2D eigenvalue weighted by Gasteiger charge is -2.14. The van der Waals surface area contributed by atoms with Crippen LogP contribution in [0.25, 0.3) is 0 Å². The molecule has 0 bridgehead atoms. The first-order chi connectivity index (χ1) is 6.08. The first-order valence-electron chi connectivity index (χ1n) is 4.61. The second kappa shape index (κ2) is 4.39. The van der Waals surface area contributed by atoms with Gasteiger partial charge in [-0.15, -0.1) is 0 Å². The van der Waals surface area contributed by atoms with Crippen molar-refractivity contribution >= 4 is 9.84 Å². The van der Waals surface area contributed by atoms with Crippen molar-refractivity contribution in [2.24, 2.45) is 5.73 Å². The van der Waals surface area contributed by atoms with Gasteiger partial charge in [-0.2, -0.15) is 0 Å². The Morgan fingerprint density at radius 1 is 1.54 bits per heavy atom. The third-order valence-corrected chi connectivity index (χ3v) is 4.80. The first-order valence-corrected chi connectivity index (χ1v) is 6.32. The van der Waals surface area contributed by atoms with Crippen molar-refractivity contribution in [2.75, 3.05) is 18.9 Å². The molecule has 0 aromatic heterocycles. The zero-order valence-corrected chi connectivity index (χ0v) is 8.72. The normalized spacial score (nSPS) is 29.4. The van der Waals surface area contributed by atoms with E-state index < -0.39 is 9.84 Å². The Labute approximate surface area is 79.4 Å². The highest BCUT2D eigenvalue weighted by Crippen LogP contribution is 2.21. The van der Waals surface area contributed by atoms with E-state index in [0.29, 0.717) is 26.0 Å². The van der Waals surface area contributed by atoms with Gasteiger partial charge in [0.1, 0.15) is 0 Å². The molecule has 1 fully saturated rings. The van der Waals surface area contributed by atoms with Crippen LogP contribution in [0, 0.1) is 0 Å². The van der Waals surface area contributed by atoms with Crippen LogP contribution in [0.1, 0.15) is 19.8 Å². The van der Waals surface area contributed by atoms with Crippen LogP contribution in [0.3, 0.4) is 0 Å². The van der Waals surface area contributed by atoms with Gasteiger partial charge in [-0.25, -0.2) is 8.42 Å². The van der Waals surface area contributed by atoms with Gasteiger partial charge in [-0.05, 0) is 26.3 Å². The average molecular weight is 207 g/mol. The van der Waals surface area contributed by atoms with Crippen LogP contribution in [0.2, 0.25) is 0 Å². The van der Waals surface area contributed by atoms with Crippen LogP contribution in [-0.2, 0) is 14.6 Å². The molecule has 1 saturated heterocycles. The van der Waals surface area contributed by atoms with Crippen LogP contribution < -0.4 is 5.73 Å². The van der Waals surface area contributed by atoms with Gasteiger partial charge in [0.05, 0.1) is 17.1 Å². The lowest BCUT2D eigenvalue weighted by atomic mass is 10.3. The fourth-order valence-electron chi connectivity index (χ4n) is 1.62. The van der Waals surface area contributed by atoms with Crippen LogP contribution in [0.4, 0.5) is 0 Å². The summed E-state index contributed by atoms with van der Waals surface area (Å²) in [6.07, 6.45) is 1.03. The Morgan fingerprint density at radius 2 is 2.23 bits per heavy atom.